The number of aliphatic hydroxyl groups excluding tert-OH is 2. The molecule has 3 aliphatic rings. The van der Waals surface area contributed by atoms with Gasteiger partial charge in [0.25, 0.3) is 29.4 Å². The number of carbonyl (C=O) groups excluding carboxylic acids is 1. The molecule has 182 valence electrons. The zero-order valence-electron chi connectivity index (χ0n) is 18.2. The van der Waals surface area contributed by atoms with Crippen molar-refractivity contribution in [2.24, 2.45) is 15.0 Å². The minimum atomic E-state index is -6.09. The molecule has 0 radical (unpaired) electrons. The third kappa shape index (κ3) is 10.3. The van der Waals surface area contributed by atoms with Crippen molar-refractivity contribution in [3.05, 3.63) is 0 Å². The minimum absolute atomic E-state index is 0. The van der Waals surface area contributed by atoms with Gasteiger partial charge in [-0.2, -0.15) is 4.99 Å². The zero-order chi connectivity index (χ0) is 23.2. The van der Waals surface area contributed by atoms with Gasteiger partial charge < -0.3 is 44.5 Å². The van der Waals surface area contributed by atoms with Gasteiger partial charge in [-0.15, -0.1) is 0 Å². The summed E-state index contributed by atoms with van der Waals surface area (Å²) < 4.78 is 49.2. The van der Waals surface area contributed by atoms with Crippen LogP contribution >= 0.6 is 23.5 Å². The molecular formula is C10H14N4Na3O15P3. The number of amides is 1. The van der Waals surface area contributed by atoms with E-state index in [9.17, 15) is 43.4 Å². The van der Waals surface area contributed by atoms with Gasteiger partial charge in [0.05, 0.1) is 12.9 Å². The van der Waals surface area contributed by atoms with E-state index in [1.807, 2.05) is 0 Å². The van der Waals surface area contributed by atoms with Crippen molar-refractivity contribution in [2.75, 3.05) is 6.61 Å². The Hall–Kier alpha value is 1.73. The van der Waals surface area contributed by atoms with Gasteiger partial charge in [0, 0.05) is 0 Å². The number of phosphoric ester groups is 1. The summed E-state index contributed by atoms with van der Waals surface area (Å²) in [6.07, 6.45) is -4.38. The standard InChI is InChI=1S/C10H15N4O14P3.3Na.H2O/c15-6-4(1-25-30(21,22)28-31(23,24)27-29(18,19)20)26-10(7(6)16)14-3-13-5-8(14)11-2-12-9(5)17;;;;/h2-7,10,15-16H,1H2,(H,21,22)(H,23,24)(H2,18,19,20);;;;1H2/q;3*+1;/p-3/t4-,5?,6-,7-,10-;;;;/m1..../s1. The first-order valence-corrected chi connectivity index (χ1v) is 12.3. The third-order valence-corrected chi connectivity index (χ3v) is 7.56. The van der Waals surface area contributed by atoms with Gasteiger partial charge >= 0.3 is 88.7 Å². The summed E-state index contributed by atoms with van der Waals surface area (Å²) in [6.45, 7) is -1.09. The Labute approximate surface area is 262 Å². The number of nitrogens with zero attached hydrogens (tertiary/aromatic N) is 4. The van der Waals surface area contributed by atoms with Crippen molar-refractivity contribution < 1.29 is 160 Å². The van der Waals surface area contributed by atoms with Gasteiger partial charge in [-0.05, 0) is 0 Å². The van der Waals surface area contributed by atoms with Gasteiger partial charge in [0.15, 0.2) is 12.3 Å². The fraction of sp³-hybridized carbons (Fsp3) is 0.600. The molecule has 1 amide bonds. The molecule has 4 unspecified atom stereocenters. The second-order valence-electron chi connectivity index (χ2n) is 6.01. The van der Waals surface area contributed by atoms with E-state index in [4.69, 9.17) is 9.63 Å². The van der Waals surface area contributed by atoms with Crippen LogP contribution < -0.4 is 103 Å². The van der Waals surface area contributed by atoms with Crippen molar-refractivity contribution in [2.45, 2.75) is 30.6 Å². The van der Waals surface area contributed by atoms with Gasteiger partial charge in [-0.3, -0.25) is 28.4 Å². The van der Waals surface area contributed by atoms with Crippen molar-refractivity contribution in [3.63, 3.8) is 0 Å². The molecule has 0 aromatic carbocycles. The molecule has 0 aromatic rings. The van der Waals surface area contributed by atoms with Crippen LogP contribution in [0.25, 0.3) is 0 Å². The van der Waals surface area contributed by atoms with E-state index in [0.29, 0.717) is 0 Å². The topological polar surface area (TPSA) is 307 Å². The first-order valence-electron chi connectivity index (χ1n) is 7.89. The largest absolute Gasteiger partial charge is 1.00 e. The molecule has 0 aromatic heterocycles. The predicted octanol–water partition coefficient (Wildman–Crippen LogP) is -14.3. The number of hydrogen-bond donors (Lipinski definition) is 3. The van der Waals surface area contributed by atoms with Crippen LogP contribution in [0, 0.1) is 0 Å². The average molecular weight is 592 g/mol. The Bertz CT molecular complexity index is 993. The first kappa shape index (κ1) is 38.9. The average Bonchev–Trinajstić information content (AvgIpc) is 3.13. The van der Waals surface area contributed by atoms with Crippen molar-refractivity contribution in [1.82, 2.24) is 4.90 Å². The van der Waals surface area contributed by atoms with Crippen LogP contribution in [0.3, 0.4) is 0 Å². The normalized spacial score (nSPS) is 31.8. The van der Waals surface area contributed by atoms with E-state index in [0.717, 1.165) is 17.6 Å². The molecule has 0 saturated carbocycles. The summed E-state index contributed by atoms with van der Waals surface area (Å²) in [6, 6.07) is -1.08. The van der Waals surface area contributed by atoms with E-state index in [-0.39, 0.29) is 100.0 Å². The quantitative estimate of drug-likeness (QED) is 0.174. The molecule has 0 aliphatic carbocycles. The fourth-order valence-electron chi connectivity index (χ4n) is 2.68. The maximum Gasteiger partial charge on any atom is 1.00 e. The van der Waals surface area contributed by atoms with E-state index in [2.05, 4.69) is 28.1 Å². The molecule has 1 fully saturated rings. The molecule has 3 rings (SSSR count). The SMILES string of the molecule is O.O=C1N=CN=C2C1N=CN2[C@@H]1O[C@H](COP(=O)([O-])OP(=O)([O-])OP(=O)([O-])O)[C@@H](O)[C@H]1O.[Na+].[Na+].[Na+]. The van der Waals surface area contributed by atoms with Crippen LogP contribution in [0.1, 0.15) is 0 Å². The zero-order valence-corrected chi connectivity index (χ0v) is 26.9. The summed E-state index contributed by atoms with van der Waals surface area (Å²) in [5.74, 6) is -0.623. The number of ether oxygens (including phenoxy) is 1. The molecule has 19 nitrogen and oxygen atoms in total. The Morgan fingerprint density at radius 3 is 2.23 bits per heavy atom. The maximum absolute atomic E-state index is 11.7. The van der Waals surface area contributed by atoms with Gasteiger partial charge in [-0.25, -0.2) is 13.6 Å². The van der Waals surface area contributed by atoms with Crippen molar-refractivity contribution >= 4 is 47.9 Å². The molecule has 35 heavy (non-hydrogen) atoms. The molecule has 5 N–H and O–H groups in total. The number of fused-ring (bicyclic) bond motifs is 1. The minimum Gasteiger partial charge on any atom is -0.756 e. The second-order valence-corrected chi connectivity index (χ2v) is 10.3. The van der Waals surface area contributed by atoms with Gasteiger partial charge in [-0.1, -0.05) is 0 Å². The molecular weight excluding hydrogens is 578 g/mol. The first-order chi connectivity index (χ1) is 14.2. The Kier molecular flexibility index (Phi) is 16.6. The fourth-order valence-corrected chi connectivity index (χ4v) is 5.57. The molecule has 0 bridgehead atoms. The number of carbonyl (C=O) groups is 1. The third-order valence-electron chi connectivity index (χ3n) is 3.87. The summed E-state index contributed by atoms with van der Waals surface area (Å²) >= 11 is 0. The van der Waals surface area contributed by atoms with Crippen molar-refractivity contribution in [3.8, 4) is 0 Å². The summed E-state index contributed by atoms with van der Waals surface area (Å²) in [7, 11) is -17.8. The number of aliphatic hydroxyl groups is 2. The van der Waals surface area contributed by atoms with E-state index >= 15 is 0 Å². The van der Waals surface area contributed by atoms with Crippen LogP contribution in [-0.4, -0.2) is 87.1 Å². The Morgan fingerprint density at radius 2 is 1.66 bits per heavy atom. The Balaban J connectivity index is 0. The van der Waals surface area contributed by atoms with Crippen LogP contribution in [0.5, 0.6) is 0 Å². The van der Waals surface area contributed by atoms with Crippen molar-refractivity contribution in [1.29, 1.82) is 0 Å². The van der Waals surface area contributed by atoms with Gasteiger partial charge in [0.2, 0.25) is 0 Å². The summed E-state index contributed by atoms with van der Waals surface area (Å²) in [5, 5.41) is 20.3. The molecule has 1 saturated heterocycles. The van der Waals surface area contributed by atoms with E-state index in [1.54, 1.807) is 0 Å². The molecule has 25 heteroatoms. The van der Waals surface area contributed by atoms with Crippen LogP contribution in [-0.2, 0) is 36.4 Å². The van der Waals surface area contributed by atoms with Crippen LogP contribution in [0.15, 0.2) is 15.0 Å². The van der Waals surface area contributed by atoms with Gasteiger partial charge in [0.1, 0.15) is 30.5 Å². The number of aliphatic imine (C=N–C) groups is 3. The summed E-state index contributed by atoms with van der Waals surface area (Å²) in [4.78, 5) is 65.4. The van der Waals surface area contributed by atoms with Crippen LogP contribution in [0.2, 0.25) is 0 Å². The number of hydrogen-bond acceptors (Lipinski definition) is 16. The summed E-state index contributed by atoms with van der Waals surface area (Å²) in [5.41, 5.74) is 0. The second kappa shape index (κ2) is 14.9. The van der Waals surface area contributed by atoms with E-state index < -0.39 is 66.6 Å². The Morgan fingerprint density at radius 1 is 1.06 bits per heavy atom. The number of rotatable bonds is 8. The number of phosphoric acid groups is 3. The molecule has 0 spiro atoms. The van der Waals surface area contributed by atoms with E-state index in [1.165, 1.54) is 0 Å². The smallest absolute Gasteiger partial charge is 0.756 e. The molecule has 3 aliphatic heterocycles. The molecule has 3 heterocycles. The predicted molar refractivity (Wildman–Crippen MR) is 92.5 cm³/mol. The maximum atomic E-state index is 11.7. The monoisotopic (exact) mass is 592 g/mol. The number of amidine groups is 1. The molecule has 8 atom stereocenters. The van der Waals surface area contributed by atoms with Crippen LogP contribution in [0.4, 0.5) is 0 Å².